The Kier molecular flexibility index (Phi) is 4.94. The highest BCUT2D eigenvalue weighted by Crippen LogP contribution is 2.18. The second-order valence-electron chi connectivity index (χ2n) is 4.32. The molecule has 0 aromatic rings. The number of amides is 2. The molecule has 1 saturated heterocycles. The van der Waals surface area contributed by atoms with Gasteiger partial charge < -0.3 is 20.1 Å². The predicted molar refractivity (Wildman–Crippen MR) is 62.0 cm³/mol. The number of carbonyl (C=O) groups is 3. The third-order valence-electron chi connectivity index (χ3n) is 2.84. The van der Waals surface area contributed by atoms with Crippen molar-refractivity contribution in [3.63, 3.8) is 0 Å². The number of nitrogens with zero attached hydrogens (tertiary/aromatic N) is 1. The number of nitrogens with one attached hydrogen (secondary N) is 1. The Balaban J connectivity index is 2.55. The van der Waals surface area contributed by atoms with E-state index in [4.69, 9.17) is 5.11 Å². The van der Waals surface area contributed by atoms with Gasteiger partial charge in [0.15, 0.2) is 0 Å². The lowest BCUT2D eigenvalue weighted by atomic mass is 10.2. The van der Waals surface area contributed by atoms with Crippen molar-refractivity contribution in [3.8, 4) is 0 Å². The number of hydrogen-bond acceptors (Lipinski definition) is 4. The van der Waals surface area contributed by atoms with Gasteiger partial charge in [-0.25, -0.2) is 9.59 Å². The molecule has 102 valence electrons. The zero-order chi connectivity index (χ0) is 13.7. The maximum atomic E-state index is 11.9. The van der Waals surface area contributed by atoms with Crippen LogP contribution < -0.4 is 5.32 Å². The van der Waals surface area contributed by atoms with Crippen LogP contribution in [0.1, 0.15) is 26.2 Å². The summed E-state index contributed by atoms with van der Waals surface area (Å²) in [4.78, 5) is 35.2. The fourth-order valence-corrected chi connectivity index (χ4v) is 2.00. The lowest BCUT2D eigenvalue weighted by Gasteiger charge is -2.24. The first-order valence-corrected chi connectivity index (χ1v) is 5.82. The molecule has 1 rings (SSSR count). The summed E-state index contributed by atoms with van der Waals surface area (Å²) in [5.74, 6) is -1.41. The Morgan fingerprint density at radius 3 is 2.72 bits per heavy atom. The van der Waals surface area contributed by atoms with E-state index in [0.29, 0.717) is 13.0 Å². The van der Waals surface area contributed by atoms with E-state index >= 15 is 0 Å². The first kappa shape index (κ1) is 14.3. The third kappa shape index (κ3) is 3.61. The summed E-state index contributed by atoms with van der Waals surface area (Å²) >= 11 is 0. The Morgan fingerprint density at radius 2 is 2.17 bits per heavy atom. The van der Waals surface area contributed by atoms with Crippen molar-refractivity contribution >= 4 is 18.0 Å². The van der Waals surface area contributed by atoms with Gasteiger partial charge in [-0.2, -0.15) is 0 Å². The van der Waals surface area contributed by atoms with Gasteiger partial charge in [-0.15, -0.1) is 0 Å². The number of hydrogen-bond donors (Lipinski definition) is 2. The molecule has 0 aliphatic carbocycles. The SMILES string of the molecule is COC(=O)C1CCCN1C(=O)NC(C)CC(=O)O. The van der Waals surface area contributed by atoms with E-state index in [1.165, 1.54) is 12.0 Å². The molecular weight excluding hydrogens is 240 g/mol. The second-order valence-corrected chi connectivity index (χ2v) is 4.32. The lowest BCUT2D eigenvalue weighted by Crippen LogP contribution is -2.49. The molecule has 7 nitrogen and oxygen atoms in total. The average molecular weight is 258 g/mol. The minimum Gasteiger partial charge on any atom is -0.481 e. The van der Waals surface area contributed by atoms with Crippen LogP contribution >= 0.6 is 0 Å². The molecule has 2 atom stereocenters. The van der Waals surface area contributed by atoms with E-state index in [-0.39, 0.29) is 6.42 Å². The highest BCUT2D eigenvalue weighted by atomic mass is 16.5. The molecule has 0 radical (unpaired) electrons. The molecule has 1 aliphatic heterocycles. The van der Waals surface area contributed by atoms with Crippen LogP contribution in [-0.4, -0.2) is 53.7 Å². The molecule has 7 heteroatoms. The fraction of sp³-hybridized carbons (Fsp3) is 0.727. The smallest absolute Gasteiger partial charge is 0.328 e. The monoisotopic (exact) mass is 258 g/mol. The summed E-state index contributed by atoms with van der Waals surface area (Å²) in [6.07, 6.45) is 1.16. The van der Waals surface area contributed by atoms with E-state index < -0.39 is 30.1 Å². The van der Waals surface area contributed by atoms with Crippen LogP contribution in [0.15, 0.2) is 0 Å². The van der Waals surface area contributed by atoms with Crippen LogP contribution in [0.3, 0.4) is 0 Å². The number of carbonyl (C=O) groups excluding carboxylic acids is 2. The highest BCUT2D eigenvalue weighted by molar-refractivity contribution is 5.84. The van der Waals surface area contributed by atoms with Gasteiger partial charge >= 0.3 is 18.0 Å². The first-order chi connectivity index (χ1) is 8.45. The standard InChI is InChI=1S/C11H18N2O5/c1-7(6-9(14)15)12-11(17)13-5-3-4-8(13)10(16)18-2/h7-8H,3-6H2,1-2H3,(H,12,17)(H,14,15). The van der Waals surface area contributed by atoms with Crippen LogP contribution in [-0.2, 0) is 14.3 Å². The lowest BCUT2D eigenvalue weighted by molar-refractivity contribution is -0.145. The van der Waals surface area contributed by atoms with Crippen LogP contribution in [0, 0.1) is 0 Å². The summed E-state index contributed by atoms with van der Waals surface area (Å²) in [5.41, 5.74) is 0. The molecule has 0 saturated carbocycles. The zero-order valence-corrected chi connectivity index (χ0v) is 10.5. The quantitative estimate of drug-likeness (QED) is 0.702. The molecule has 0 spiro atoms. The summed E-state index contributed by atoms with van der Waals surface area (Å²) in [5, 5.41) is 11.2. The van der Waals surface area contributed by atoms with Crippen LogP contribution in [0.4, 0.5) is 4.79 Å². The number of likely N-dealkylation sites (tertiary alicyclic amines) is 1. The van der Waals surface area contributed by atoms with Crippen molar-refractivity contribution in [1.29, 1.82) is 0 Å². The Labute approximate surface area is 105 Å². The Bertz CT molecular complexity index is 344. The van der Waals surface area contributed by atoms with Crippen molar-refractivity contribution in [2.45, 2.75) is 38.3 Å². The fourth-order valence-electron chi connectivity index (χ4n) is 2.00. The van der Waals surface area contributed by atoms with Crippen molar-refractivity contribution in [2.24, 2.45) is 0 Å². The summed E-state index contributed by atoms with van der Waals surface area (Å²) in [6, 6.07) is -1.46. The van der Waals surface area contributed by atoms with Gasteiger partial charge in [0.05, 0.1) is 13.5 Å². The molecule has 18 heavy (non-hydrogen) atoms. The third-order valence-corrected chi connectivity index (χ3v) is 2.84. The minimum absolute atomic E-state index is 0.150. The van der Waals surface area contributed by atoms with E-state index in [9.17, 15) is 14.4 Å². The van der Waals surface area contributed by atoms with E-state index in [0.717, 1.165) is 6.42 Å². The largest absolute Gasteiger partial charge is 0.481 e. The molecule has 2 N–H and O–H groups in total. The first-order valence-electron chi connectivity index (χ1n) is 5.82. The van der Waals surface area contributed by atoms with E-state index in [1.54, 1.807) is 6.92 Å². The van der Waals surface area contributed by atoms with Crippen molar-refractivity contribution in [1.82, 2.24) is 10.2 Å². The van der Waals surface area contributed by atoms with Crippen LogP contribution in [0.2, 0.25) is 0 Å². The number of carboxylic acids is 1. The number of esters is 1. The molecule has 1 heterocycles. The maximum Gasteiger partial charge on any atom is 0.328 e. The zero-order valence-electron chi connectivity index (χ0n) is 10.5. The number of urea groups is 1. The van der Waals surface area contributed by atoms with Gasteiger partial charge in [-0.3, -0.25) is 4.79 Å². The van der Waals surface area contributed by atoms with Crippen molar-refractivity contribution < 1.29 is 24.2 Å². The van der Waals surface area contributed by atoms with E-state index in [2.05, 4.69) is 10.1 Å². The normalized spacial score (nSPS) is 20.3. The van der Waals surface area contributed by atoms with Crippen molar-refractivity contribution in [2.75, 3.05) is 13.7 Å². The number of ether oxygens (including phenoxy) is 1. The Morgan fingerprint density at radius 1 is 1.50 bits per heavy atom. The molecule has 1 aliphatic rings. The summed E-state index contributed by atoms with van der Waals surface area (Å²) in [7, 11) is 1.28. The summed E-state index contributed by atoms with van der Waals surface area (Å²) in [6.45, 7) is 2.08. The van der Waals surface area contributed by atoms with Gasteiger partial charge in [-0.05, 0) is 19.8 Å². The van der Waals surface area contributed by atoms with E-state index in [1.807, 2.05) is 0 Å². The second kappa shape index (κ2) is 6.23. The molecule has 1 fully saturated rings. The topological polar surface area (TPSA) is 95.9 Å². The predicted octanol–water partition coefficient (Wildman–Crippen LogP) is 0.197. The molecule has 2 unspecified atom stereocenters. The summed E-state index contributed by atoms with van der Waals surface area (Å²) < 4.78 is 4.63. The van der Waals surface area contributed by atoms with Gasteiger partial charge in [0, 0.05) is 12.6 Å². The van der Waals surface area contributed by atoms with Gasteiger partial charge in [-0.1, -0.05) is 0 Å². The maximum absolute atomic E-state index is 11.9. The molecule has 0 aromatic carbocycles. The number of aliphatic carboxylic acids is 1. The molecule has 2 amide bonds. The van der Waals surface area contributed by atoms with Gasteiger partial charge in [0.1, 0.15) is 6.04 Å². The Hall–Kier alpha value is -1.79. The highest BCUT2D eigenvalue weighted by Gasteiger charge is 2.35. The van der Waals surface area contributed by atoms with Gasteiger partial charge in [0.25, 0.3) is 0 Å². The molecular formula is C11H18N2O5. The molecule has 0 aromatic heterocycles. The number of rotatable bonds is 4. The van der Waals surface area contributed by atoms with Crippen LogP contribution in [0.5, 0.6) is 0 Å². The van der Waals surface area contributed by atoms with Gasteiger partial charge in [0.2, 0.25) is 0 Å². The average Bonchev–Trinajstić information content (AvgIpc) is 2.75. The number of methoxy groups -OCH3 is 1. The van der Waals surface area contributed by atoms with Crippen molar-refractivity contribution in [3.05, 3.63) is 0 Å². The molecule has 0 bridgehead atoms. The number of carboxylic acid groups (broad SMARTS) is 1. The van der Waals surface area contributed by atoms with Crippen LogP contribution in [0.25, 0.3) is 0 Å². The minimum atomic E-state index is -0.978.